The molecular formula is C9H18N4O2S. The zero-order valence-corrected chi connectivity index (χ0v) is 10.3. The van der Waals surface area contributed by atoms with E-state index in [2.05, 4.69) is 14.9 Å². The minimum absolute atomic E-state index is 0.134. The zero-order valence-electron chi connectivity index (χ0n) is 9.47. The van der Waals surface area contributed by atoms with Crippen molar-refractivity contribution in [1.29, 1.82) is 0 Å². The molecule has 1 heterocycles. The summed E-state index contributed by atoms with van der Waals surface area (Å²) in [4.78, 5) is 0.134. The van der Waals surface area contributed by atoms with Crippen LogP contribution in [0.2, 0.25) is 0 Å². The van der Waals surface area contributed by atoms with E-state index < -0.39 is 10.0 Å². The summed E-state index contributed by atoms with van der Waals surface area (Å²) in [6.45, 7) is 4.33. The average Bonchev–Trinajstić information content (AvgIpc) is 2.68. The van der Waals surface area contributed by atoms with E-state index in [0.29, 0.717) is 12.3 Å². The topological polar surface area (TPSA) is 101 Å². The first-order chi connectivity index (χ1) is 7.45. The number of nitrogens with two attached hydrogens (primary N) is 1. The molecule has 0 saturated heterocycles. The third-order valence-corrected chi connectivity index (χ3v) is 3.63. The summed E-state index contributed by atoms with van der Waals surface area (Å²) in [5.41, 5.74) is 5.53. The van der Waals surface area contributed by atoms with Gasteiger partial charge < -0.3 is 5.73 Å². The molecule has 92 valence electrons. The van der Waals surface area contributed by atoms with E-state index in [9.17, 15) is 8.42 Å². The van der Waals surface area contributed by atoms with E-state index in [1.165, 1.54) is 12.4 Å². The van der Waals surface area contributed by atoms with Gasteiger partial charge in [-0.15, -0.1) is 0 Å². The van der Waals surface area contributed by atoms with Gasteiger partial charge in [0.05, 0.1) is 6.20 Å². The quantitative estimate of drug-likeness (QED) is 0.660. The summed E-state index contributed by atoms with van der Waals surface area (Å²) < 4.78 is 26.2. The SMILES string of the molecule is CC(C)CC(CN)NS(=O)(=O)c1cn[nH]c1. The van der Waals surface area contributed by atoms with Crippen molar-refractivity contribution in [3.63, 3.8) is 0 Å². The van der Waals surface area contributed by atoms with E-state index >= 15 is 0 Å². The minimum atomic E-state index is -3.50. The molecular weight excluding hydrogens is 228 g/mol. The summed E-state index contributed by atoms with van der Waals surface area (Å²) in [6.07, 6.45) is 3.32. The van der Waals surface area contributed by atoms with E-state index in [1.54, 1.807) is 0 Å². The molecule has 1 aromatic rings. The van der Waals surface area contributed by atoms with E-state index in [0.717, 1.165) is 0 Å². The lowest BCUT2D eigenvalue weighted by atomic mass is 10.1. The molecule has 0 saturated carbocycles. The van der Waals surface area contributed by atoms with Crippen LogP contribution in [0.5, 0.6) is 0 Å². The van der Waals surface area contributed by atoms with Crippen molar-refractivity contribution in [1.82, 2.24) is 14.9 Å². The normalized spacial score (nSPS) is 14.2. The smallest absolute Gasteiger partial charge is 0.243 e. The predicted octanol–water partition coefficient (Wildman–Crippen LogP) is 0.0614. The van der Waals surface area contributed by atoms with E-state index in [-0.39, 0.29) is 17.5 Å². The fourth-order valence-corrected chi connectivity index (χ4v) is 2.60. The Morgan fingerprint density at radius 2 is 2.25 bits per heavy atom. The van der Waals surface area contributed by atoms with Gasteiger partial charge in [0.1, 0.15) is 4.90 Å². The van der Waals surface area contributed by atoms with Crippen LogP contribution in [0, 0.1) is 5.92 Å². The van der Waals surface area contributed by atoms with Crippen molar-refractivity contribution in [2.45, 2.75) is 31.2 Å². The maximum Gasteiger partial charge on any atom is 0.243 e. The Bertz CT molecular complexity index is 399. The second-order valence-corrected chi connectivity index (χ2v) is 5.83. The van der Waals surface area contributed by atoms with Gasteiger partial charge in [0.25, 0.3) is 0 Å². The van der Waals surface area contributed by atoms with Gasteiger partial charge in [-0.05, 0) is 12.3 Å². The first-order valence-corrected chi connectivity index (χ1v) is 6.65. The van der Waals surface area contributed by atoms with Crippen LogP contribution in [-0.2, 0) is 10.0 Å². The molecule has 0 spiro atoms. The lowest BCUT2D eigenvalue weighted by Crippen LogP contribution is -2.40. The molecule has 6 nitrogen and oxygen atoms in total. The number of nitrogens with zero attached hydrogens (tertiary/aromatic N) is 1. The number of aromatic nitrogens is 2. The van der Waals surface area contributed by atoms with Crippen molar-refractivity contribution in [2.75, 3.05) is 6.54 Å². The van der Waals surface area contributed by atoms with Crippen LogP contribution in [0.25, 0.3) is 0 Å². The Morgan fingerprint density at radius 3 is 2.69 bits per heavy atom. The molecule has 7 heteroatoms. The van der Waals surface area contributed by atoms with Crippen molar-refractivity contribution in [2.24, 2.45) is 11.7 Å². The van der Waals surface area contributed by atoms with Crippen LogP contribution in [0.4, 0.5) is 0 Å². The maximum atomic E-state index is 11.8. The molecule has 0 aromatic carbocycles. The molecule has 0 aliphatic rings. The monoisotopic (exact) mass is 246 g/mol. The molecule has 4 N–H and O–H groups in total. The Kier molecular flexibility index (Phi) is 4.45. The van der Waals surface area contributed by atoms with Crippen LogP contribution in [0.3, 0.4) is 0 Å². The molecule has 0 amide bonds. The van der Waals surface area contributed by atoms with E-state index in [1.807, 2.05) is 13.8 Å². The van der Waals surface area contributed by atoms with Gasteiger partial charge in [0.15, 0.2) is 0 Å². The first kappa shape index (κ1) is 13.1. The maximum absolute atomic E-state index is 11.8. The first-order valence-electron chi connectivity index (χ1n) is 5.17. The van der Waals surface area contributed by atoms with Crippen molar-refractivity contribution < 1.29 is 8.42 Å². The Hall–Kier alpha value is -0.920. The van der Waals surface area contributed by atoms with Crippen molar-refractivity contribution in [3.05, 3.63) is 12.4 Å². The second-order valence-electron chi connectivity index (χ2n) is 4.12. The lowest BCUT2D eigenvalue weighted by molar-refractivity contribution is 0.465. The third-order valence-electron chi connectivity index (χ3n) is 2.15. The minimum Gasteiger partial charge on any atom is -0.329 e. The van der Waals surface area contributed by atoms with Gasteiger partial charge in [0, 0.05) is 18.8 Å². The van der Waals surface area contributed by atoms with Crippen molar-refractivity contribution >= 4 is 10.0 Å². The average molecular weight is 246 g/mol. The molecule has 1 atom stereocenters. The number of H-pyrrole nitrogens is 1. The summed E-state index contributed by atoms with van der Waals surface area (Å²) >= 11 is 0. The Balaban J connectivity index is 2.71. The Morgan fingerprint density at radius 1 is 1.56 bits per heavy atom. The Labute approximate surface area is 95.7 Å². The van der Waals surface area contributed by atoms with Crippen LogP contribution in [0.1, 0.15) is 20.3 Å². The summed E-state index contributed by atoms with van der Waals surface area (Å²) in [6, 6.07) is -0.236. The van der Waals surface area contributed by atoms with Crippen LogP contribution in [0.15, 0.2) is 17.3 Å². The van der Waals surface area contributed by atoms with Crippen molar-refractivity contribution in [3.8, 4) is 0 Å². The van der Waals surface area contributed by atoms with Crippen LogP contribution in [-0.4, -0.2) is 31.2 Å². The molecule has 1 unspecified atom stereocenters. The highest BCUT2D eigenvalue weighted by Gasteiger charge is 2.20. The number of rotatable bonds is 6. The molecule has 1 aromatic heterocycles. The lowest BCUT2D eigenvalue weighted by Gasteiger charge is -2.18. The second kappa shape index (κ2) is 5.42. The summed E-state index contributed by atoms with van der Waals surface area (Å²) in [5.74, 6) is 0.389. The van der Waals surface area contributed by atoms with Gasteiger partial charge in [-0.2, -0.15) is 5.10 Å². The largest absolute Gasteiger partial charge is 0.329 e. The molecule has 0 radical (unpaired) electrons. The highest BCUT2D eigenvalue weighted by atomic mass is 32.2. The number of sulfonamides is 1. The van der Waals surface area contributed by atoms with Gasteiger partial charge >= 0.3 is 0 Å². The standard InChI is InChI=1S/C9H18N4O2S/c1-7(2)3-8(4-10)13-16(14,15)9-5-11-12-6-9/h5-8,13H,3-4,10H2,1-2H3,(H,11,12). The predicted molar refractivity (Wildman–Crippen MR) is 61.2 cm³/mol. The summed E-state index contributed by atoms with van der Waals surface area (Å²) in [7, 11) is -3.50. The number of hydrogen-bond acceptors (Lipinski definition) is 4. The third kappa shape index (κ3) is 3.58. The van der Waals surface area contributed by atoms with Gasteiger partial charge in [0.2, 0.25) is 10.0 Å². The highest BCUT2D eigenvalue weighted by Crippen LogP contribution is 2.09. The molecule has 0 fully saturated rings. The number of nitrogens with one attached hydrogen (secondary N) is 2. The zero-order chi connectivity index (χ0) is 12.2. The van der Waals surface area contributed by atoms with Crippen LogP contribution >= 0.6 is 0 Å². The van der Waals surface area contributed by atoms with Gasteiger partial charge in [-0.1, -0.05) is 13.8 Å². The molecule has 16 heavy (non-hydrogen) atoms. The van der Waals surface area contributed by atoms with Gasteiger partial charge in [-0.3, -0.25) is 5.10 Å². The fourth-order valence-electron chi connectivity index (χ4n) is 1.43. The molecule has 0 bridgehead atoms. The number of hydrogen-bond donors (Lipinski definition) is 3. The van der Waals surface area contributed by atoms with E-state index in [4.69, 9.17) is 5.73 Å². The van der Waals surface area contributed by atoms with Crippen LogP contribution < -0.4 is 10.5 Å². The molecule has 1 rings (SSSR count). The molecule has 0 aliphatic heterocycles. The van der Waals surface area contributed by atoms with Gasteiger partial charge in [-0.25, -0.2) is 13.1 Å². The fraction of sp³-hybridized carbons (Fsp3) is 0.667. The highest BCUT2D eigenvalue weighted by molar-refractivity contribution is 7.89. The molecule has 0 aliphatic carbocycles. The summed E-state index contributed by atoms with van der Waals surface area (Å²) in [5, 5.41) is 6.07. The number of aromatic amines is 1.